The summed E-state index contributed by atoms with van der Waals surface area (Å²) in [5, 5.41) is 0. The average molecular weight is 235 g/mol. The number of anilines is 1. The third-order valence-corrected chi connectivity index (χ3v) is 2.46. The molecule has 0 amide bonds. The maximum absolute atomic E-state index is 11.6. The Hall–Kier alpha value is -1.96. The second-order valence-corrected chi connectivity index (χ2v) is 4.15. The molecule has 0 aliphatic heterocycles. The summed E-state index contributed by atoms with van der Waals surface area (Å²) in [4.78, 5) is 15.7. The van der Waals surface area contributed by atoms with Crippen LogP contribution in [-0.2, 0) is 10.3 Å². The van der Waals surface area contributed by atoms with E-state index >= 15 is 0 Å². The molecule has 0 fully saturated rings. The molecule has 1 heterocycles. The van der Waals surface area contributed by atoms with E-state index in [9.17, 15) is 4.79 Å². The van der Waals surface area contributed by atoms with Crippen LogP contribution in [0.25, 0.3) is 0 Å². The highest BCUT2D eigenvalue weighted by atomic mass is 16.5. The van der Waals surface area contributed by atoms with Crippen LogP contribution in [-0.4, -0.2) is 22.1 Å². The highest BCUT2D eigenvalue weighted by Crippen LogP contribution is 2.24. The van der Waals surface area contributed by atoms with Crippen molar-refractivity contribution in [2.24, 2.45) is 0 Å². The number of esters is 1. The number of aromatic nitrogens is 2. The Bertz CT molecular complexity index is 481. The molecule has 0 atom stereocenters. The molecule has 0 aromatic carbocycles. The Labute approximate surface area is 101 Å². The number of nitrogens with zero attached hydrogens (tertiary/aromatic N) is 2. The molecule has 92 valence electrons. The number of imidazole rings is 1. The summed E-state index contributed by atoms with van der Waals surface area (Å²) in [5.74, 6) is 2.92. The molecule has 1 aromatic heterocycles. The lowest BCUT2D eigenvalue weighted by atomic mass is 10.1. The number of aryl methyl sites for hydroxylation is 1. The zero-order valence-corrected chi connectivity index (χ0v) is 10.6. The summed E-state index contributed by atoms with van der Waals surface area (Å²) >= 11 is 0. The van der Waals surface area contributed by atoms with Crippen LogP contribution in [0.5, 0.6) is 0 Å². The molecule has 1 rings (SSSR count). The van der Waals surface area contributed by atoms with Crippen LogP contribution < -0.4 is 5.73 Å². The van der Waals surface area contributed by atoms with Gasteiger partial charge in [0, 0.05) is 0 Å². The molecule has 5 nitrogen and oxygen atoms in total. The molecule has 17 heavy (non-hydrogen) atoms. The fraction of sp³-hybridized carbons (Fsp3) is 0.500. The van der Waals surface area contributed by atoms with Crippen molar-refractivity contribution in [2.45, 2.75) is 33.2 Å². The van der Waals surface area contributed by atoms with Crippen LogP contribution in [0.4, 0.5) is 5.82 Å². The lowest BCUT2D eigenvalue weighted by molar-refractivity contribution is 0.0521. The number of rotatable bonds is 3. The molecule has 0 aliphatic rings. The Morgan fingerprint density at radius 3 is 2.71 bits per heavy atom. The summed E-state index contributed by atoms with van der Waals surface area (Å²) < 4.78 is 6.53. The summed E-state index contributed by atoms with van der Waals surface area (Å²) in [6.45, 7) is 7.41. The minimum Gasteiger partial charge on any atom is -0.461 e. The number of nitrogen functional groups attached to an aromatic ring is 1. The predicted molar refractivity (Wildman–Crippen MR) is 65.5 cm³/mol. The highest BCUT2D eigenvalue weighted by Gasteiger charge is 2.27. The van der Waals surface area contributed by atoms with E-state index in [2.05, 4.69) is 10.9 Å². The first kappa shape index (κ1) is 13.1. The predicted octanol–water partition coefficient (Wildman–Crippen LogP) is 1.32. The van der Waals surface area contributed by atoms with Crippen molar-refractivity contribution < 1.29 is 9.53 Å². The molecule has 0 unspecified atom stereocenters. The summed E-state index contributed by atoms with van der Waals surface area (Å²) in [6.07, 6.45) is 5.45. The van der Waals surface area contributed by atoms with Crippen molar-refractivity contribution in [3.05, 3.63) is 11.5 Å². The van der Waals surface area contributed by atoms with Crippen molar-refractivity contribution in [2.75, 3.05) is 12.3 Å². The summed E-state index contributed by atoms with van der Waals surface area (Å²) in [5.41, 5.74) is 5.39. The van der Waals surface area contributed by atoms with Gasteiger partial charge in [0.1, 0.15) is 17.2 Å². The minimum atomic E-state index is -0.633. The second-order valence-electron chi connectivity index (χ2n) is 4.15. The summed E-state index contributed by atoms with van der Waals surface area (Å²) in [7, 11) is 0. The molecule has 0 saturated heterocycles. The molecule has 0 saturated carbocycles. The Balaban J connectivity index is 3.30. The van der Waals surface area contributed by atoms with Crippen LogP contribution >= 0.6 is 0 Å². The van der Waals surface area contributed by atoms with Gasteiger partial charge in [-0.2, -0.15) is 0 Å². The van der Waals surface area contributed by atoms with Gasteiger partial charge < -0.3 is 10.5 Å². The molecule has 0 aliphatic carbocycles. The molecular formula is C12H17N3O2. The lowest BCUT2D eigenvalue weighted by Gasteiger charge is -2.22. The highest BCUT2D eigenvalue weighted by molar-refractivity contribution is 5.92. The van der Waals surface area contributed by atoms with Gasteiger partial charge in [-0.05, 0) is 27.7 Å². The maximum atomic E-state index is 11.6. The van der Waals surface area contributed by atoms with Crippen molar-refractivity contribution in [1.82, 2.24) is 9.55 Å². The molecular weight excluding hydrogens is 218 g/mol. The van der Waals surface area contributed by atoms with Crippen LogP contribution in [0, 0.1) is 19.3 Å². The topological polar surface area (TPSA) is 70.1 Å². The largest absolute Gasteiger partial charge is 0.461 e. The number of hydrogen-bond donors (Lipinski definition) is 1. The van der Waals surface area contributed by atoms with Gasteiger partial charge in [0.05, 0.1) is 6.61 Å². The molecule has 1 aromatic rings. The minimum absolute atomic E-state index is 0.118. The van der Waals surface area contributed by atoms with Crippen molar-refractivity contribution in [3.63, 3.8) is 0 Å². The van der Waals surface area contributed by atoms with Gasteiger partial charge in [-0.15, -0.1) is 6.42 Å². The quantitative estimate of drug-likeness (QED) is 0.633. The zero-order chi connectivity index (χ0) is 13.2. The van der Waals surface area contributed by atoms with Crippen LogP contribution in [0.1, 0.15) is 37.1 Å². The van der Waals surface area contributed by atoms with E-state index in [1.807, 2.05) is 13.8 Å². The number of nitrogens with two attached hydrogens (primary N) is 1. The van der Waals surface area contributed by atoms with Crippen molar-refractivity contribution >= 4 is 11.8 Å². The summed E-state index contributed by atoms with van der Waals surface area (Å²) in [6, 6.07) is 0. The molecule has 5 heteroatoms. The first-order valence-electron chi connectivity index (χ1n) is 5.35. The fourth-order valence-electron chi connectivity index (χ4n) is 1.67. The van der Waals surface area contributed by atoms with E-state index in [0.29, 0.717) is 5.82 Å². The number of terminal acetylenes is 1. The SMILES string of the molecule is C#CC(C)(C)n1c(C)nc(C(=O)OCC)c1N. The second kappa shape index (κ2) is 4.50. The normalized spacial score (nSPS) is 11.0. The van der Waals surface area contributed by atoms with Crippen molar-refractivity contribution in [3.8, 4) is 12.3 Å². The third-order valence-electron chi connectivity index (χ3n) is 2.46. The zero-order valence-electron chi connectivity index (χ0n) is 10.6. The van der Waals surface area contributed by atoms with E-state index in [-0.39, 0.29) is 18.1 Å². The Morgan fingerprint density at radius 1 is 1.65 bits per heavy atom. The first-order valence-corrected chi connectivity index (χ1v) is 5.35. The molecule has 2 N–H and O–H groups in total. The van der Waals surface area contributed by atoms with Gasteiger partial charge in [0.2, 0.25) is 0 Å². The van der Waals surface area contributed by atoms with E-state index in [0.717, 1.165) is 0 Å². The average Bonchev–Trinajstić information content (AvgIpc) is 2.55. The van der Waals surface area contributed by atoms with E-state index < -0.39 is 11.5 Å². The van der Waals surface area contributed by atoms with E-state index in [4.69, 9.17) is 16.9 Å². The first-order chi connectivity index (χ1) is 7.85. The van der Waals surface area contributed by atoms with Gasteiger partial charge >= 0.3 is 5.97 Å². The molecule has 0 spiro atoms. The maximum Gasteiger partial charge on any atom is 0.360 e. The van der Waals surface area contributed by atoms with Gasteiger partial charge in [0.15, 0.2) is 5.69 Å². The molecule has 0 radical (unpaired) electrons. The van der Waals surface area contributed by atoms with Crippen LogP contribution in [0.3, 0.4) is 0 Å². The van der Waals surface area contributed by atoms with Crippen LogP contribution in [0.2, 0.25) is 0 Å². The Morgan fingerprint density at radius 2 is 2.24 bits per heavy atom. The van der Waals surface area contributed by atoms with E-state index in [1.54, 1.807) is 18.4 Å². The lowest BCUT2D eigenvalue weighted by Crippen LogP contribution is -2.27. The van der Waals surface area contributed by atoms with Gasteiger partial charge in [-0.25, -0.2) is 9.78 Å². The third kappa shape index (κ3) is 2.26. The fourth-order valence-corrected chi connectivity index (χ4v) is 1.67. The Kier molecular flexibility index (Phi) is 3.47. The monoisotopic (exact) mass is 235 g/mol. The van der Waals surface area contributed by atoms with Crippen molar-refractivity contribution in [1.29, 1.82) is 0 Å². The van der Waals surface area contributed by atoms with Crippen LogP contribution in [0.15, 0.2) is 0 Å². The van der Waals surface area contributed by atoms with Gasteiger partial charge in [-0.3, -0.25) is 4.57 Å². The van der Waals surface area contributed by atoms with Gasteiger partial charge in [0.25, 0.3) is 0 Å². The number of carbonyl (C=O) groups is 1. The van der Waals surface area contributed by atoms with Gasteiger partial charge in [-0.1, -0.05) is 5.92 Å². The molecule has 0 bridgehead atoms. The number of carbonyl (C=O) groups excluding carboxylic acids is 1. The standard InChI is InChI=1S/C12H17N3O2/c1-6-12(4,5)15-8(3)14-9(10(15)13)11(16)17-7-2/h1H,7,13H2,2-5H3. The smallest absolute Gasteiger partial charge is 0.360 e. The number of hydrogen-bond acceptors (Lipinski definition) is 4. The van der Waals surface area contributed by atoms with E-state index in [1.165, 1.54) is 0 Å². The number of ether oxygens (including phenoxy) is 1.